The fraction of sp³-hybridized carbons (Fsp3) is 0.462. The van der Waals surface area contributed by atoms with Crippen molar-refractivity contribution in [2.75, 3.05) is 0 Å². The third-order valence-corrected chi connectivity index (χ3v) is 4.02. The van der Waals surface area contributed by atoms with Crippen LogP contribution < -0.4 is 0 Å². The molecule has 3 aliphatic heterocycles. The van der Waals surface area contributed by atoms with E-state index in [4.69, 9.17) is 9.57 Å². The highest BCUT2D eigenvalue weighted by Gasteiger charge is 2.58. The van der Waals surface area contributed by atoms with Crippen molar-refractivity contribution in [2.45, 2.75) is 37.0 Å². The van der Waals surface area contributed by atoms with Crippen LogP contribution in [0.3, 0.4) is 0 Å². The number of carbonyl (C=O) groups excluding carboxylic acids is 1. The normalized spacial score (nSPS) is 41.8. The molecule has 0 aromatic heterocycles. The van der Waals surface area contributed by atoms with Crippen molar-refractivity contribution in [1.29, 1.82) is 0 Å². The number of rotatable bonds is 0. The molecule has 0 aromatic carbocycles. The van der Waals surface area contributed by atoms with Gasteiger partial charge >= 0.3 is 5.97 Å². The number of hydrogen-bond donors (Lipinski definition) is 0. The Morgan fingerprint density at radius 1 is 1.41 bits per heavy atom. The molecule has 4 rings (SSSR count). The van der Waals surface area contributed by atoms with Crippen molar-refractivity contribution in [3.05, 3.63) is 36.1 Å². The maximum Gasteiger partial charge on any atom is 0.331 e. The Morgan fingerprint density at radius 2 is 2.35 bits per heavy atom. The first kappa shape index (κ1) is 9.48. The van der Waals surface area contributed by atoms with E-state index in [0.717, 1.165) is 24.8 Å². The van der Waals surface area contributed by atoms with Gasteiger partial charge in [0.15, 0.2) is 5.60 Å². The Morgan fingerprint density at radius 3 is 3.29 bits per heavy atom. The predicted octanol–water partition coefficient (Wildman–Crippen LogP) is 1.46. The molecule has 0 spiro atoms. The molecule has 17 heavy (non-hydrogen) atoms. The lowest BCUT2D eigenvalue weighted by Gasteiger charge is -2.51. The number of nitrogens with zero attached hydrogens (tertiary/aromatic N) is 1. The van der Waals surface area contributed by atoms with Gasteiger partial charge in [0, 0.05) is 24.3 Å². The minimum atomic E-state index is -0.473. The smallest absolute Gasteiger partial charge is 0.331 e. The molecule has 0 radical (unpaired) electrons. The minimum Gasteiger partial charge on any atom is -0.449 e. The van der Waals surface area contributed by atoms with Gasteiger partial charge in [-0.2, -0.15) is 0 Å². The van der Waals surface area contributed by atoms with Gasteiger partial charge in [-0.15, -0.1) is 0 Å². The average Bonchev–Trinajstić information content (AvgIpc) is 2.67. The zero-order chi connectivity index (χ0) is 11.5. The lowest BCUT2D eigenvalue weighted by atomic mass is 9.74. The number of esters is 1. The van der Waals surface area contributed by atoms with Crippen LogP contribution in [0.15, 0.2) is 36.1 Å². The molecule has 4 nitrogen and oxygen atoms in total. The van der Waals surface area contributed by atoms with Gasteiger partial charge < -0.3 is 4.74 Å². The third kappa shape index (κ3) is 1.08. The quantitative estimate of drug-likeness (QED) is 0.467. The van der Waals surface area contributed by atoms with Gasteiger partial charge in [-0.05, 0) is 12.8 Å². The number of fused-ring (bicyclic) bond motifs is 1. The Bertz CT molecular complexity index is 479. The van der Waals surface area contributed by atoms with Crippen LogP contribution in [0.25, 0.3) is 0 Å². The van der Waals surface area contributed by atoms with Gasteiger partial charge in [0.2, 0.25) is 0 Å². The molecule has 0 amide bonds. The fourth-order valence-corrected chi connectivity index (χ4v) is 3.30. The highest BCUT2D eigenvalue weighted by Crippen LogP contribution is 2.48. The first-order valence-electron chi connectivity index (χ1n) is 6.03. The molecule has 88 valence electrons. The molecule has 1 aliphatic carbocycles. The topological polar surface area (TPSA) is 38.8 Å². The van der Waals surface area contributed by atoms with E-state index in [0.29, 0.717) is 0 Å². The summed E-state index contributed by atoms with van der Waals surface area (Å²) >= 11 is 0. The van der Waals surface area contributed by atoms with E-state index in [-0.39, 0.29) is 18.1 Å². The second-order valence-electron chi connectivity index (χ2n) is 4.91. The molecule has 0 saturated carbocycles. The second-order valence-corrected chi connectivity index (χ2v) is 4.91. The summed E-state index contributed by atoms with van der Waals surface area (Å²) in [5.74, 6) is -0.228. The molecule has 3 atom stereocenters. The summed E-state index contributed by atoms with van der Waals surface area (Å²) in [6.07, 6.45) is 12.3. The van der Waals surface area contributed by atoms with E-state index in [2.05, 4.69) is 12.2 Å². The number of hydroxylamine groups is 2. The first-order valence-corrected chi connectivity index (χ1v) is 6.03. The first-order chi connectivity index (χ1) is 8.29. The Labute approximate surface area is 99.1 Å². The SMILES string of the molecule is O=C1C=C2C3C=CCC2(O1)C1CCC=CN1O3. The molecule has 3 heterocycles. The minimum absolute atomic E-state index is 0.117. The van der Waals surface area contributed by atoms with Crippen LogP contribution in [0.1, 0.15) is 19.3 Å². The Balaban J connectivity index is 1.87. The number of ether oxygens (including phenoxy) is 1. The van der Waals surface area contributed by atoms with Crippen LogP contribution in [0.2, 0.25) is 0 Å². The van der Waals surface area contributed by atoms with Crippen LogP contribution in [0, 0.1) is 0 Å². The molecular weight excluding hydrogens is 218 g/mol. The maximum absolute atomic E-state index is 11.6. The lowest BCUT2D eigenvalue weighted by Crippen LogP contribution is -2.61. The van der Waals surface area contributed by atoms with Crippen molar-refractivity contribution >= 4 is 5.97 Å². The number of carbonyl (C=O) groups is 1. The van der Waals surface area contributed by atoms with E-state index in [1.165, 1.54) is 0 Å². The molecule has 1 saturated heterocycles. The van der Waals surface area contributed by atoms with E-state index in [1.54, 1.807) is 6.08 Å². The summed E-state index contributed by atoms with van der Waals surface area (Å²) in [5, 5.41) is 1.87. The zero-order valence-electron chi connectivity index (χ0n) is 9.33. The Hall–Kier alpha value is -1.55. The molecule has 1 fully saturated rings. The summed E-state index contributed by atoms with van der Waals surface area (Å²) < 4.78 is 5.65. The average molecular weight is 231 g/mol. The molecule has 0 aromatic rings. The molecule has 2 bridgehead atoms. The van der Waals surface area contributed by atoms with Crippen LogP contribution in [0.5, 0.6) is 0 Å². The van der Waals surface area contributed by atoms with E-state index < -0.39 is 5.60 Å². The van der Waals surface area contributed by atoms with Gasteiger partial charge in [-0.25, -0.2) is 4.79 Å². The summed E-state index contributed by atoms with van der Waals surface area (Å²) in [7, 11) is 0. The van der Waals surface area contributed by atoms with Gasteiger partial charge in [0.05, 0.1) is 0 Å². The van der Waals surface area contributed by atoms with Gasteiger partial charge in [-0.3, -0.25) is 9.90 Å². The van der Waals surface area contributed by atoms with Crippen molar-refractivity contribution in [3.8, 4) is 0 Å². The summed E-state index contributed by atoms with van der Waals surface area (Å²) in [6, 6.07) is 0.117. The van der Waals surface area contributed by atoms with Crippen LogP contribution >= 0.6 is 0 Å². The van der Waals surface area contributed by atoms with E-state index >= 15 is 0 Å². The fourth-order valence-electron chi connectivity index (χ4n) is 3.30. The van der Waals surface area contributed by atoms with Crippen molar-refractivity contribution in [2.24, 2.45) is 0 Å². The number of hydrogen-bond acceptors (Lipinski definition) is 4. The van der Waals surface area contributed by atoms with Gasteiger partial charge in [-0.1, -0.05) is 18.2 Å². The second kappa shape index (κ2) is 3.01. The van der Waals surface area contributed by atoms with Crippen molar-refractivity contribution in [1.82, 2.24) is 5.06 Å². The van der Waals surface area contributed by atoms with Crippen molar-refractivity contribution in [3.63, 3.8) is 0 Å². The largest absolute Gasteiger partial charge is 0.449 e. The predicted molar refractivity (Wildman–Crippen MR) is 59.5 cm³/mol. The van der Waals surface area contributed by atoms with E-state index in [9.17, 15) is 4.79 Å². The third-order valence-electron chi connectivity index (χ3n) is 4.02. The zero-order valence-corrected chi connectivity index (χ0v) is 9.33. The molecule has 4 aliphatic rings. The highest BCUT2D eigenvalue weighted by atomic mass is 16.7. The van der Waals surface area contributed by atoms with Crippen LogP contribution in [0.4, 0.5) is 0 Å². The number of allylic oxidation sites excluding steroid dienone is 1. The molecule has 0 N–H and O–H groups in total. The maximum atomic E-state index is 11.6. The molecule has 4 heteroatoms. The Kier molecular flexibility index (Phi) is 1.68. The highest BCUT2D eigenvalue weighted by molar-refractivity contribution is 5.88. The summed E-state index contributed by atoms with van der Waals surface area (Å²) in [4.78, 5) is 17.5. The monoisotopic (exact) mass is 231 g/mol. The van der Waals surface area contributed by atoms with Gasteiger partial charge in [0.25, 0.3) is 0 Å². The van der Waals surface area contributed by atoms with E-state index in [1.807, 2.05) is 17.3 Å². The van der Waals surface area contributed by atoms with Gasteiger partial charge in [0.1, 0.15) is 12.1 Å². The summed E-state index contributed by atoms with van der Waals surface area (Å²) in [5.41, 5.74) is 0.529. The lowest BCUT2D eigenvalue weighted by molar-refractivity contribution is -0.242. The summed E-state index contributed by atoms with van der Waals surface area (Å²) in [6.45, 7) is 0. The van der Waals surface area contributed by atoms with Crippen LogP contribution in [-0.4, -0.2) is 28.8 Å². The van der Waals surface area contributed by atoms with Crippen LogP contribution in [-0.2, 0) is 14.4 Å². The standard InChI is InChI=1S/C13H13NO3/c15-12-8-9-10-4-3-6-13(9,16-12)11-5-1-2-7-14(11)17-10/h2-4,7-8,10-11H,1,5-6H2. The molecular formula is C13H13NO3. The molecule has 3 unspecified atom stereocenters. The van der Waals surface area contributed by atoms with Crippen molar-refractivity contribution < 1.29 is 14.4 Å².